The van der Waals surface area contributed by atoms with Crippen molar-refractivity contribution in [3.63, 3.8) is 0 Å². The Labute approximate surface area is 202 Å². The molecule has 1 unspecified atom stereocenters. The zero-order chi connectivity index (χ0) is 24.7. The minimum absolute atomic E-state index is 0.0287. The van der Waals surface area contributed by atoms with Crippen LogP contribution in [0.4, 0.5) is 0 Å². The van der Waals surface area contributed by atoms with Gasteiger partial charge in [-0.15, -0.1) is 0 Å². The highest BCUT2D eigenvalue weighted by Gasteiger charge is 2.28. The minimum atomic E-state index is -0.368. The quantitative estimate of drug-likeness (QED) is 0.551. The van der Waals surface area contributed by atoms with E-state index in [9.17, 15) is 14.4 Å². The van der Waals surface area contributed by atoms with E-state index >= 15 is 0 Å². The number of amides is 2. The number of hydrogen-bond acceptors (Lipinski definition) is 4. The molecule has 1 aliphatic heterocycles. The average Bonchev–Trinajstić information content (AvgIpc) is 3.12. The number of aryl methyl sites for hydroxylation is 2. The van der Waals surface area contributed by atoms with Crippen molar-refractivity contribution in [3.8, 4) is 0 Å². The molecule has 2 N–H and O–H groups in total. The summed E-state index contributed by atoms with van der Waals surface area (Å²) in [6, 6.07) is 8.34. The van der Waals surface area contributed by atoms with E-state index in [1.54, 1.807) is 6.92 Å². The molecule has 7 nitrogen and oxygen atoms in total. The molecular weight excluding hydrogens is 430 g/mol. The average molecular weight is 468 g/mol. The summed E-state index contributed by atoms with van der Waals surface area (Å²) < 4.78 is 5.11. The Bertz CT molecular complexity index is 1010. The third-order valence-corrected chi connectivity index (χ3v) is 6.64. The van der Waals surface area contributed by atoms with Gasteiger partial charge in [0.25, 0.3) is 0 Å². The van der Waals surface area contributed by atoms with Gasteiger partial charge in [-0.05, 0) is 70.1 Å². The summed E-state index contributed by atoms with van der Waals surface area (Å²) in [6.45, 7) is 9.70. The SMILES string of the molecule is CCOC(=O)c1[nH]c(C)c(CCC(=O)N2CCCC(C(=O)NCCc3ccc(C)cc3)C2)c1C. The summed E-state index contributed by atoms with van der Waals surface area (Å²) >= 11 is 0. The lowest BCUT2D eigenvalue weighted by Gasteiger charge is -2.32. The van der Waals surface area contributed by atoms with E-state index in [0.29, 0.717) is 44.8 Å². The number of likely N-dealkylation sites (tertiary alicyclic amines) is 1. The highest BCUT2D eigenvalue weighted by Crippen LogP contribution is 2.22. The molecule has 2 aromatic rings. The summed E-state index contributed by atoms with van der Waals surface area (Å²) in [5, 5.41) is 3.05. The van der Waals surface area contributed by atoms with Crippen LogP contribution in [-0.2, 0) is 27.2 Å². The lowest BCUT2D eigenvalue weighted by atomic mass is 9.96. The van der Waals surface area contributed by atoms with Gasteiger partial charge >= 0.3 is 5.97 Å². The lowest BCUT2D eigenvalue weighted by molar-refractivity contribution is -0.135. The van der Waals surface area contributed by atoms with Crippen LogP contribution in [0.15, 0.2) is 24.3 Å². The number of aromatic nitrogens is 1. The minimum Gasteiger partial charge on any atom is -0.461 e. The van der Waals surface area contributed by atoms with Gasteiger partial charge in [0.15, 0.2) is 0 Å². The Morgan fingerprint density at radius 3 is 2.56 bits per heavy atom. The van der Waals surface area contributed by atoms with E-state index in [0.717, 1.165) is 36.1 Å². The fraction of sp³-hybridized carbons (Fsp3) is 0.519. The fourth-order valence-electron chi connectivity index (χ4n) is 4.61. The molecule has 0 aliphatic carbocycles. The van der Waals surface area contributed by atoms with Crippen molar-refractivity contribution in [2.24, 2.45) is 5.92 Å². The molecule has 2 amide bonds. The van der Waals surface area contributed by atoms with Gasteiger partial charge in [0.05, 0.1) is 12.5 Å². The van der Waals surface area contributed by atoms with Gasteiger partial charge in [-0.1, -0.05) is 29.8 Å². The number of aromatic amines is 1. The molecule has 1 saturated heterocycles. The second kappa shape index (κ2) is 11.9. The van der Waals surface area contributed by atoms with Crippen LogP contribution < -0.4 is 5.32 Å². The second-order valence-corrected chi connectivity index (χ2v) is 9.15. The van der Waals surface area contributed by atoms with Gasteiger partial charge in [-0.3, -0.25) is 9.59 Å². The van der Waals surface area contributed by atoms with Gasteiger partial charge in [0.1, 0.15) is 5.69 Å². The highest BCUT2D eigenvalue weighted by atomic mass is 16.5. The molecule has 1 aliphatic rings. The molecule has 2 heterocycles. The van der Waals surface area contributed by atoms with Crippen LogP contribution in [0.2, 0.25) is 0 Å². The molecule has 184 valence electrons. The second-order valence-electron chi connectivity index (χ2n) is 9.15. The molecule has 7 heteroatoms. The predicted molar refractivity (Wildman–Crippen MR) is 132 cm³/mol. The number of carbonyl (C=O) groups is 3. The predicted octanol–water partition coefficient (Wildman–Crippen LogP) is 3.65. The third kappa shape index (κ3) is 6.49. The summed E-state index contributed by atoms with van der Waals surface area (Å²) in [7, 11) is 0. The third-order valence-electron chi connectivity index (χ3n) is 6.64. The standard InChI is InChI=1S/C27H37N3O4/c1-5-34-27(33)25-19(3)23(20(4)29-25)12-13-24(31)30-16-6-7-22(17-30)26(32)28-15-14-21-10-8-18(2)9-11-21/h8-11,22,29H,5-7,12-17H2,1-4H3,(H,28,32). The Hall–Kier alpha value is -3.09. The summed E-state index contributed by atoms with van der Waals surface area (Å²) in [6.07, 6.45) is 3.33. The number of nitrogens with one attached hydrogen (secondary N) is 2. The van der Waals surface area contributed by atoms with Crippen molar-refractivity contribution in [1.29, 1.82) is 0 Å². The first-order valence-corrected chi connectivity index (χ1v) is 12.3. The number of nitrogens with zero attached hydrogens (tertiary/aromatic N) is 1. The fourth-order valence-corrected chi connectivity index (χ4v) is 4.61. The Morgan fingerprint density at radius 1 is 1.12 bits per heavy atom. The lowest BCUT2D eigenvalue weighted by Crippen LogP contribution is -2.45. The van der Waals surface area contributed by atoms with E-state index in [1.807, 2.05) is 18.7 Å². The van der Waals surface area contributed by atoms with Crippen molar-refractivity contribution in [2.45, 2.75) is 59.8 Å². The number of carbonyl (C=O) groups excluding carboxylic acids is 3. The first-order valence-electron chi connectivity index (χ1n) is 12.3. The number of piperidine rings is 1. The van der Waals surface area contributed by atoms with Crippen LogP contribution >= 0.6 is 0 Å². The monoisotopic (exact) mass is 467 g/mol. The number of benzene rings is 1. The van der Waals surface area contributed by atoms with Gasteiger partial charge in [0.2, 0.25) is 11.8 Å². The normalized spacial score (nSPS) is 15.8. The van der Waals surface area contributed by atoms with Gasteiger partial charge in [-0.25, -0.2) is 4.79 Å². The molecular formula is C27H37N3O4. The van der Waals surface area contributed by atoms with Crippen molar-refractivity contribution in [1.82, 2.24) is 15.2 Å². The molecule has 0 spiro atoms. The molecule has 1 aromatic carbocycles. The maximum absolute atomic E-state index is 12.9. The molecule has 0 radical (unpaired) electrons. The number of hydrogen-bond donors (Lipinski definition) is 2. The van der Waals surface area contributed by atoms with Crippen LogP contribution in [0.5, 0.6) is 0 Å². The topological polar surface area (TPSA) is 91.5 Å². The summed E-state index contributed by atoms with van der Waals surface area (Å²) in [4.78, 5) is 42.7. The van der Waals surface area contributed by atoms with Gasteiger partial charge in [-0.2, -0.15) is 0 Å². The van der Waals surface area contributed by atoms with Gasteiger partial charge in [0, 0.05) is 31.7 Å². The number of ether oxygens (including phenoxy) is 1. The Kier molecular flexibility index (Phi) is 8.91. The van der Waals surface area contributed by atoms with Crippen LogP contribution in [0.1, 0.15) is 64.6 Å². The molecule has 1 aromatic heterocycles. The highest BCUT2D eigenvalue weighted by molar-refractivity contribution is 5.90. The van der Waals surface area contributed by atoms with Crippen molar-refractivity contribution >= 4 is 17.8 Å². The molecule has 1 fully saturated rings. The van der Waals surface area contributed by atoms with Crippen LogP contribution in [0.25, 0.3) is 0 Å². The number of rotatable bonds is 9. The Balaban J connectivity index is 1.49. The molecule has 0 saturated carbocycles. The van der Waals surface area contributed by atoms with Crippen molar-refractivity contribution < 1.29 is 19.1 Å². The van der Waals surface area contributed by atoms with E-state index < -0.39 is 0 Å². The van der Waals surface area contributed by atoms with Crippen LogP contribution in [0, 0.1) is 26.7 Å². The number of esters is 1. The largest absolute Gasteiger partial charge is 0.461 e. The maximum Gasteiger partial charge on any atom is 0.355 e. The molecule has 1 atom stereocenters. The smallest absolute Gasteiger partial charge is 0.355 e. The zero-order valence-electron chi connectivity index (χ0n) is 20.8. The van der Waals surface area contributed by atoms with Crippen LogP contribution in [-0.4, -0.2) is 53.9 Å². The van der Waals surface area contributed by atoms with E-state index in [-0.39, 0.29) is 23.7 Å². The first-order chi connectivity index (χ1) is 16.3. The van der Waals surface area contributed by atoms with E-state index in [2.05, 4.69) is 41.5 Å². The summed E-state index contributed by atoms with van der Waals surface area (Å²) in [5.41, 5.74) is 5.60. The molecule has 0 bridgehead atoms. The maximum atomic E-state index is 12.9. The molecule has 3 rings (SSSR count). The zero-order valence-corrected chi connectivity index (χ0v) is 20.8. The molecule has 34 heavy (non-hydrogen) atoms. The van der Waals surface area contributed by atoms with Crippen molar-refractivity contribution in [2.75, 3.05) is 26.2 Å². The van der Waals surface area contributed by atoms with Gasteiger partial charge < -0.3 is 19.9 Å². The Morgan fingerprint density at radius 2 is 1.85 bits per heavy atom. The van der Waals surface area contributed by atoms with Crippen LogP contribution in [0.3, 0.4) is 0 Å². The van der Waals surface area contributed by atoms with Crippen molar-refractivity contribution in [3.05, 3.63) is 57.9 Å². The number of H-pyrrole nitrogens is 1. The van der Waals surface area contributed by atoms with E-state index in [4.69, 9.17) is 4.74 Å². The first kappa shape index (κ1) is 25.5. The summed E-state index contributed by atoms with van der Waals surface area (Å²) in [5.74, 6) is -0.453. The van der Waals surface area contributed by atoms with E-state index in [1.165, 1.54) is 11.1 Å².